The number of methoxy groups -OCH3 is 2. The summed E-state index contributed by atoms with van der Waals surface area (Å²) in [5, 5.41) is 0.768. The van der Waals surface area contributed by atoms with Crippen LogP contribution in [0, 0.1) is 0 Å². The Hall–Kier alpha value is -4.27. The topological polar surface area (TPSA) is 101 Å². The van der Waals surface area contributed by atoms with E-state index < -0.39 is 0 Å². The van der Waals surface area contributed by atoms with Gasteiger partial charge in [-0.3, -0.25) is 9.59 Å². The van der Waals surface area contributed by atoms with Crippen molar-refractivity contribution in [3.8, 4) is 11.5 Å². The summed E-state index contributed by atoms with van der Waals surface area (Å²) in [7, 11) is 7.01. The molecule has 1 N–H and O–H groups in total. The van der Waals surface area contributed by atoms with Gasteiger partial charge in [-0.05, 0) is 67.6 Å². The van der Waals surface area contributed by atoms with Crippen molar-refractivity contribution in [1.82, 2.24) is 14.9 Å². The number of nitrogens with one attached hydrogen (secondary N) is 1. The van der Waals surface area contributed by atoms with Gasteiger partial charge in [-0.25, -0.2) is 4.98 Å². The van der Waals surface area contributed by atoms with Gasteiger partial charge in [0, 0.05) is 30.7 Å². The van der Waals surface area contributed by atoms with Crippen LogP contribution < -0.4 is 19.9 Å². The Morgan fingerprint density at radius 3 is 2.53 bits per heavy atom. The zero-order chi connectivity index (χ0) is 26.8. The van der Waals surface area contributed by atoms with E-state index in [1.165, 1.54) is 0 Å². The number of amides is 1. The SMILES string of the molecule is COc1ccc(OC)c2nc(N(C)C)c(CN(Cc3ccco3)C(=O)c3cc4c([nH]c3=O)CCCC4)cc12. The van der Waals surface area contributed by atoms with Crippen LogP contribution in [-0.4, -0.2) is 49.1 Å². The number of aryl methyl sites for hydroxylation is 2. The van der Waals surface area contributed by atoms with Crippen LogP contribution in [0.5, 0.6) is 11.5 Å². The van der Waals surface area contributed by atoms with Gasteiger partial charge in [0.05, 0.1) is 33.6 Å². The third kappa shape index (κ3) is 4.83. The Bertz CT molecular complexity index is 1520. The van der Waals surface area contributed by atoms with Crippen molar-refractivity contribution >= 4 is 22.6 Å². The van der Waals surface area contributed by atoms with Crippen LogP contribution in [0.4, 0.5) is 5.82 Å². The van der Waals surface area contributed by atoms with E-state index in [2.05, 4.69) is 4.98 Å². The van der Waals surface area contributed by atoms with E-state index >= 15 is 0 Å². The van der Waals surface area contributed by atoms with Gasteiger partial charge in [-0.1, -0.05) is 0 Å². The number of carbonyl (C=O) groups is 1. The lowest BCUT2D eigenvalue weighted by Gasteiger charge is -2.26. The molecule has 1 aromatic carbocycles. The Labute approximate surface area is 221 Å². The van der Waals surface area contributed by atoms with Crippen LogP contribution in [-0.2, 0) is 25.9 Å². The molecular formula is C29H32N4O5. The number of furan rings is 1. The van der Waals surface area contributed by atoms with Crippen molar-refractivity contribution in [2.45, 2.75) is 38.8 Å². The van der Waals surface area contributed by atoms with Crippen LogP contribution in [0.3, 0.4) is 0 Å². The molecule has 0 unspecified atom stereocenters. The van der Waals surface area contributed by atoms with Gasteiger partial charge in [0.2, 0.25) is 0 Å². The number of nitrogens with zero attached hydrogens (tertiary/aromatic N) is 3. The molecule has 3 aromatic heterocycles. The first-order valence-electron chi connectivity index (χ1n) is 12.7. The Kier molecular flexibility index (Phi) is 7.09. The average Bonchev–Trinajstić information content (AvgIpc) is 3.44. The number of H-pyrrole nitrogens is 1. The predicted octanol–water partition coefficient (Wildman–Crippen LogP) is 4.32. The second-order valence-corrected chi connectivity index (χ2v) is 9.70. The normalized spacial score (nSPS) is 12.7. The molecule has 1 amide bonds. The lowest BCUT2D eigenvalue weighted by molar-refractivity contribution is 0.0716. The maximum absolute atomic E-state index is 13.9. The highest BCUT2D eigenvalue weighted by molar-refractivity contribution is 5.95. The van der Waals surface area contributed by atoms with E-state index in [-0.39, 0.29) is 30.1 Å². The largest absolute Gasteiger partial charge is 0.496 e. The van der Waals surface area contributed by atoms with E-state index in [4.69, 9.17) is 18.9 Å². The molecule has 198 valence electrons. The van der Waals surface area contributed by atoms with Gasteiger partial charge < -0.3 is 28.7 Å². The van der Waals surface area contributed by atoms with Crippen molar-refractivity contribution in [2.24, 2.45) is 0 Å². The van der Waals surface area contributed by atoms with Crippen molar-refractivity contribution in [3.63, 3.8) is 0 Å². The first-order chi connectivity index (χ1) is 18.4. The molecular weight excluding hydrogens is 484 g/mol. The minimum atomic E-state index is -0.365. The second-order valence-electron chi connectivity index (χ2n) is 9.70. The van der Waals surface area contributed by atoms with Crippen molar-refractivity contribution in [3.05, 3.63) is 81.2 Å². The molecule has 0 atom stereocenters. The number of rotatable bonds is 8. The van der Waals surface area contributed by atoms with E-state index in [1.807, 2.05) is 43.3 Å². The van der Waals surface area contributed by atoms with E-state index in [9.17, 15) is 9.59 Å². The third-order valence-electron chi connectivity index (χ3n) is 6.97. The predicted molar refractivity (Wildman–Crippen MR) is 145 cm³/mol. The number of fused-ring (bicyclic) bond motifs is 2. The molecule has 0 saturated heterocycles. The van der Waals surface area contributed by atoms with Crippen LogP contribution in [0.1, 0.15) is 45.8 Å². The molecule has 0 bridgehead atoms. The Balaban J connectivity index is 1.61. The fraction of sp³-hybridized carbons (Fsp3) is 0.345. The van der Waals surface area contributed by atoms with E-state index in [1.54, 1.807) is 37.5 Å². The average molecular weight is 517 g/mol. The van der Waals surface area contributed by atoms with Gasteiger partial charge >= 0.3 is 0 Å². The molecule has 4 aromatic rings. The summed E-state index contributed by atoms with van der Waals surface area (Å²) in [6.07, 6.45) is 5.34. The molecule has 9 nitrogen and oxygen atoms in total. The van der Waals surface area contributed by atoms with Crippen LogP contribution >= 0.6 is 0 Å². The Morgan fingerprint density at radius 1 is 1.05 bits per heavy atom. The van der Waals surface area contributed by atoms with Crippen molar-refractivity contribution in [1.29, 1.82) is 0 Å². The van der Waals surface area contributed by atoms with Gasteiger partial charge in [-0.2, -0.15) is 0 Å². The molecule has 1 aliphatic carbocycles. The molecule has 38 heavy (non-hydrogen) atoms. The maximum atomic E-state index is 13.9. The maximum Gasteiger partial charge on any atom is 0.261 e. The lowest BCUT2D eigenvalue weighted by Crippen LogP contribution is -2.35. The minimum Gasteiger partial charge on any atom is -0.496 e. The van der Waals surface area contributed by atoms with Gasteiger partial charge in [-0.15, -0.1) is 0 Å². The molecule has 5 rings (SSSR count). The molecule has 0 radical (unpaired) electrons. The monoisotopic (exact) mass is 516 g/mol. The fourth-order valence-corrected chi connectivity index (χ4v) is 5.09. The number of hydrogen-bond donors (Lipinski definition) is 1. The molecule has 0 spiro atoms. The van der Waals surface area contributed by atoms with Crippen molar-refractivity contribution in [2.75, 3.05) is 33.2 Å². The number of ether oxygens (including phenoxy) is 2. The highest BCUT2D eigenvalue weighted by atomic mass is 16.5. The highest BCUT2D eigenvalue weighted by Gasteiger charge is 2.25. The zero-order valence-electron chi connectivity index (χ0n) is 22.2. The van der Waals surface area contributed by atoms with Gasteiger partial charge in [0.15, 0.2) is 0 Å². The fourth-order valence-electron chi connectivity index (χ4n) is 5.09. The molecule has 9 heteroatoms. The number of benzene rings is 1. The summed E-state index contributed by atoms with van der Waals surface area (Å²) < 4.78 is 16.7. The minimum absolute atomic E-state index is 0.136. The smallest absolute Gasteiger partial charge is 0.261 e. The van der Waals surface area contributed by atoms with Crippen molar-refractivity contribution < 1.29 is 18.7 Å². The first-order valence-corrected chi connectivity index (χ1v) is 12.7. The summed E-state index contributed by atoms with van der Waals surface area (Å²) in [5.41, 5.74) is 3.20. The van der Waals surface area contributed by atoms with Gasteiger partial charge in [0.1, 0.15) is 34.2 Å². The molecule has 0 saturated carbocycles. The highest BCUT2D eigenvalue weighted by Crippen LogP contribution is 2.35. The van der Waals surface area contributed by atoms with Crippen LogP contribution in [0.15, 0.2) is 51.9 Å². The van der Waals surface area contributed by atoms with Crippen LogP contribution in [0.25, 0.3) is 10.9 Å². The standard InChI is InChI=1S/C29H32N4O5/c1-32(2)27-19(15-21-24(36-3)11-12-25(37-4)26(21)31-27)16-33(17-20-9-7-13-38-20)29(35)22-14-18-8-5-6-10-23(18)30-28(22)34/h7,9,11-15H,5-6,8,10,16-17H2,1-4H3,(H,30,34). The Morgan fingerprint density at radius 2 is 1.82 bits per heavy atom. The molecule has 0 fully saturated rings. The molecule has 3 heterocycles. The summed E-state index contributed by atoms with van der Waals surface area (Å²) in [6.45, 7) is 0.398. The molecule has 0 aliphatic heterocycles. The number of aromatic amines is 1. The first kappa shape index (κ1) is 25.4. The van der Waals surface area contributed by atoms with Crippen LogP contribution in [0.2, 0.25) is 0 Å². The number of hydrogen-bond acceptors (Lipinski definition) is 7. The molecule has 1 aliphatic rings. The third-order valence-corrected chi connectivity index (χ3v) is 6.97. The number of carbonyl (C=O) groups excluding carboxylic acids is 1. The number of aromatic nitrogens is 2. The number of pyridine rings is 2. The quantitative estimate of drug-likeness (QED) is 0.372. The lowest BCUT2D eigenvalue weighted by atomic mass is 9.95. The summed E-state index contributed by atoms with van der Waals surface area (Å²) in [5.74, 6) is 2.21. The summed E-state index contributed by atoms with van der Waals surface area (Å²) in [6, 6.07) is 11.0. The second kappa shape index (κ2) is 10.6. The summed E-state index contributed by atoms with van der Waals surface area (Å²) >= 11 is 0. The summed E-state index contributed by atoms with van der Waals surface area (Å²) in [4.78, 5) is 38.3. The van der Waals surface area contributed by atoms with E-state index in [0.717, 1.165) is 47.9 Å². The van der Waals surface area contributed by atoms with Gasteiger partial charge in [0.25, 0.3) is 11.5 Å². The number of anilines is 1. The zero-order valence-corrected chi connectivity index (χ0v) is 22.2. The van der Waals surface area contributed by atoms with E-state index in [0.29, 0.717) is 28.6 Å².